The van der Waals surface area contributed by atoms with Crippen LogP contribution in [0.5, 0.6) is 0 Å². The van der Waals surface area contributed by atoms with Crippen LogP contribution in [0.4, 0.5) is 9.59 Å². The molecule has 2 saturated carbocycles. The lowest BCUT2D eigenvalue weighted by Gasteiger charge is -2.32. The van der Waals surface area contributed by atoms with Gasteiger partial charge in [-0.3, -0.25) is 28.8 Å². The van der Waals surface area contributed by atoms with Gasteiger partial charge in [0.1, 0.15) is 23.7 Å². The van der Waals surface area contributed by atoms with Crippen LogP contribution in [0, 0.1) is 11.3 Å². The lowest BCUT2D eigenvalue weighted by molar-refractivity contribution is -0.142. The van der Waals surface area contributed by atoms with Crippen molar-refractivity contribution < 1.29 is 46.7 Å². The van der Waals surface area contributed by atoms with Crippen LogP contribution in [0.2, 0.25) is 0 Å². The molecule has 0 unspecified atom stereocenters. The standard InChI is InChI=1S/C41H56N6O10S/c1-4-34(48)45-18-9-5-6-14-28-20-41(28,37(51)44-58(54,55)30-15-16-30)43-35(49)33-19-29-22-47(33)36(50)32(24-45)42-38(52)56-25-40(2,3)17-8-7-11-26-12-10-13-27-21-46(23-31(26)27)39(53)57-29/h4,10,12-13,28-30,32-33H,1,5-9,11,14-25H2,2-3H3,(H,42,52)(H,43,49)(H,44,51)/t28-,29-,32+,33+,41-/m1/s1. The number of hydrogen-bond acceptors (Lipinski definition) is 10. The number of carbonyl (C=O) groups excluding carboxylic acids is 6. The fourth-order valence-electron chi connectivity index (χ4n) is 8.93. The first-order valence-corrected chi connectivity index (χ1v) is 22.2. The van der Waals surface area contributed by atoms with Crippen LogP contribution in [0.15, 0.2) is 30.9 Å². The van der Waals surface area contributed by atoms with Gasteiger partial charge >= 0.3 is 12.2 Å². The van der Waals surface area contributed by atoms with E-state index in [9.17, 15) is 37.2 Å². The number of nitrogens with one attached hydrogen (secondary N) is 3. The SMILES string of the molecule is C=CC(=O)N1CCCCC[C@@H]2C[C@@]2(C(=O)NS(=O)(=O)C2CC2)NC(=O)[C@@H]2C[C@@H]3CN2C(=O)[C@H](C1)NC(=O)OCC(C)(C)CCCCc1cccc2c1CN(C2)C(=O)O3. The number of alkyl carbamates (subject to hydrolysis) is 1. The number of sulfonamides is 1. The molecule has 0 aromatic heterocycles. The van der Waals surface area contributed by atoms with E-state index >= 15 is 0 Å². The molecular formula is C41H56N6O10S. The third kappa shape index (κ3) is 9.13. The molecule has 1 aromatic carbocycles. The summed E-state index contributed by atoms with van der Waals surface area (Å²) in [6.07, 6.45) is 5.31. The van der Waals surface area contributed by atoms with Crippen molar-refractivity contribution in [3.05, 3.63) is 47.5 Å². The number of hydrogen-bond donors (Lipinski definition) is 3. The summed E-state index contributed by atoms with van der Waals surface area (Å²) in [5.41, 5.74) is 1.35. The molecule has 4 fully saturated rings. The smallest absolute Gasteiger partial charge is 0.410 e. The number of ether oxygens (including phenoxy) is 2. The molecule has 4 heterocycles. The van der Waals surface area contributed by atoms with Crippen LogP contribution in [-0.4, -0.2) is 114 Å². The minimum Gasteiger partial charge on any atom is -0.449 e. The quantitative estimate of drug-likeness (QED) is 0.379. The second kappa shape index (κ2) is 16.5. The molecule has 7 rings (SSSR count). The summed E-state index contributed by atoms with van der Waals surface area (Å²) in [5, 5.41) is 4.87. The molecule has 17 heteroatoms. The number of aryl methyl sites for hydroxylation is 1. The Labute approximate surface area is 339 Å². The summed E-state index contributed by atoms with van der Waals surface area (Å²) >= 11 is 0. The van der Waals surface area contributed by atoms with Crippen LogP contribution in [0.25, 0.3) is 0 Å². The second-order valence-electron chi connectivity index (χ2n) is 17.7. The average molecular weight is 825 g/mol. The van der Waals surface area contributed by atoms with Gasteiger partial charge in [0, 0.05) is 26.1 Å². The third-order valence-corrected chi connectivity index (χ3v) is 14.4. The molecule has 6 amide bonds. The van der Waals surface area contributed by atoms with Crippen molar-refractivity contribution in [1.82, 2.24) is 30.1 Å². The fourth-order valence-corrected chi connectivity index (χ4v) is 10.3. The summed E-state index contributed by atoms with van der Waals surface area (Å²) in [4.78, 5) is 87.8. The van der Waals surface area contributed by atoms with Crippen LogP contribution < -0.4 is 15.4 Å². The molecule has 58 heavy (non-hydrogen) atoms. The lowest BCUT2D eigenvalue weighted by Crippen LogP contribution is -2.60. The lowest BCUT2D eigenvalue weighted by atomic mass is 9.87. The second-order valence-corrected chi connectivity index (χ2v) is 19.6. The van der Waals surface area contributed by atoms with Gasteiger partial charge in [-0.15, -0.1) is 0 Å². The van der Waals surface area contributed by atoms with E-state index in [1.54, 1.807) is 4.90 Å². The number of fused-ring (bicyclic) bond motifs is 4. The van der Waals surface area contributed by atoms with Crippen LogP contribution in [0.3, 0.4) is 0 Å². The minimum atomic E-state index is -3.93. The van der Waals surface area contributed by atoms with Crippen LogP contribution in [-0.2, 0) is 58.2 Å². The first kappa shape index (κ1) is 41.5. The summed E-state index contributed by atoms with van der Waals surface area (Å²) in [6, 6.07) is 3.40. The molecule has 4 aliphatic heterocycles. The van der Waals surface area contributed by atoms with E-state index in [0.717, 1.165) is 48.4 Å². The zero-order valence-electron chi connectivity index (χ0n) is 33.5. The van der Waals surface area contributed by atoms with Crippen molar-refractivity contribution in [3.63, 3.8) is 0 Å². The normalized spacial score (nSPS) is 29.7. The van der Waals surface area contributed by atoms with Crippen molar-refractivity contribution in [2.45, 2.75) is 133 Å². The molecule has 316 valence electrons. The minimum absolute atomic E-state index is 0.0687. The first-order valence-electron chi connectivity index (χ1n) is 20.7. The predicted octanol–water partition coefficient (Wildman–Crippen LogP) is 3.03. The molecule has 6 aliphatic rings. The van der Waals surface area contributed by atoms with Crippen molar-refractivity contribution in [2.24, 2.45) is 11.3 Å². The van der Waals surface area contributed by atoms with E-state index in [0.29, 0.717) is 51.6 Å². The molecule has 16 nitrogen and oxygen atoms in total. The van der Waals surface area contributed by atoms with Gasteiger partial charge in [-0.25, -0.2) is 18.0 Å². The number of cyclic esters (lactones) is 1. The van der Waals surface area contributed by atoms with Crippen LogP contribution in [0.1, 0.15) is 101 Å². The van der Waals surface area contributed by atoms with E-state index in [1.807, 2.05) is 26.0 Å². The Balaban J connectivity index is 1.22. The molecule has 0 spiro atoms. The van der Waals surface area contributed by atoms with Gasteiger partial charge in [0.2, 0.25) is 27.7 Å². The maximum absolute atomic E-state index is 14.8. The summed E-state index contributed by atoms with van der Waals surface area (Å²) in [7, 11) is -3.93. The first-order chi connectivity index (χ1) is 27.6. The van der Waals surface area contributed by atoms with Crippen molar-refractivity contribution in [2.75, 3.05) is 26.2 Å². The van der Waals surface area contributed by atoms with E-state index in [4.69, 9.17) is 9.47 Å². The molecular weight excluding hydrogens is 769 g/mol. The van der Waals surface area contributed by atoms with Crippen molar-refractivity contribution >= 4 is 45.8 Å². The largest absolute Gasteiger partial charge is 0.449 e. The highest BCUT2D eigenvalue weighted by Crippen LogP contribution is 2.48. The molecule has 1 aromatic rings. The zero-order chi connectivity index (χ0) is 41.4. The molecule has 5 bridgehead atoms. The Morgan fingerprint density at radius 1 is 0.983 bits per heavy atom. The third-order valence-electron chi connectivity index (χ3n) is 12.6. The number of carbonyl (C=O) groups is 6. The summed E-state index contributed by atoms with van der Waals surface area (Å²) < 4.78 is 39.7. The van der Waals surface area contributed by atoms with Crippen LogP contribution >= 0.6 is 0 Å². The number of nitrogens with zero attached hydrogens (tertiary/aromatic N) is 3. The van der Waals surface area contributed by atoms with Gasteiger partial charge < -0.3 is 29.9 Å². The number of amides is 6. The average Bonchev–Trinajstić information content (AvgIpc) is 4.07. The van der Waals surface area contributed by atoms with Gasteiger partial charge in [0.15, 0.2) is 0 Å². The van der Waals surface area contributed by atoms with E-state index in [1.165, 1.54) is 9.80 Å². The Morgan fingerprint density at radius 2 is 1.76 bits per heavy atom. The Morgan fingerprint density at radius 3 is 2.52 bits per heavy atom. The highest BCUT2D eigenvalue weighted by atomic mass is 32.2. The summed E-state index contributed by atoms with van der Waals surface area (Å²) in [6.45, 7) is 8.17. The predicted molar refractivity (Wildman–Crippen MR) is 210 cm³/mol. The van der Waals surface area contributed by atoms with Crippen molar-refractivity contribution in [3.8, 4) is 0 Å². The van der Waals surface area contributed by atoms with Crippen molar-refractivity contribution in [1.29, 1.82) is 0 Å². The topological polar surface area (TPSA) is 201 Å². The maximum atomic E-state index is 14.8. The Hall–Kier alpha value is -4.67. The van der Waals surface area contributed by atoms with E-state index < -0.39 is 74.8 Å². The van der Waals surface area contributed by atoms with Gasteiger partial charge in [0.25, 0.3) is 5.91 Å². The maximum Gasteiger partial charge on any atom is 0.410 e. The zero-order valence-corrected chi connectivity index (χ0v) is 34.3. The molecule has 3 N–H and O–H groups in total. The van der Waals surface area contributed by atoms with Gasteiger partial charge in [0.05, 0.1) is 24.9 Å². The van der Waals surface area contributed by atoms with Gasteiger partial charge in [-0.1, -0.05) is 57.9 Å². The van der Waals surface area contributed by atoms with Gasteiger partial charge in [-0.2, -0.15) is 0 Å². The Kier molecular flexibility index (Phi) is 11.8. The molecule has 2 aliphatic carbocycles. The number of rotatable bonds is 4. The molecule has 0 radical (unpaired) electrons. The Bertz CT molecular complexity index is 1950. The monoisotopic (exact) mass is 824 g/mol. The molecule has 2 saturated heterocycles. The van der Waals surface area contributed by atoms with Gasteiger partial charge in [-0.05, 0) is 85.5 Å². The highest BCUT2D eigenvalue weighted by molar-refractivity contribution is 7.91. The fraction of sp³-hybridized carbons (Fsp3) is 0.659. The van der Waals surface area contributed by atoms with E-state index in [-0.39, 0.29) is 50.4 Å². The van der Waals surface area contributed by atoms with E-state index in [2.05, 4.69) is 28.0 Å². The highest BCUT2D eigenvalue weighted by Gasteiger charge is 2.62. The summed E-state index contributed by atoms with van der Waals surface area (Å²) in [5.74, 6) is -3.08. The molecule has 5 atom stereocenters. The number of benzene rings is 1.